The Bertz CT molecular complexity index is 759. The van der Waals surface area contributed by atoms with Gasteiger partial charge in [0.25, 0.3) is 5.91 Å². The van der Waals surface area contributed by atoms with E-state index in [0.29, 0.717) is 17.8 Å². The lowest BCUT2D eigenvalue weighted by molar-refractivity contribution is -0.885. The van der Waals surface area contributed by atoms with Gasteiger partial charge in [0.15, 0.2) is 6.54 Å². The van der Waals surface area contributed by atoms with Crippen molar-refractivity contribution in [3.05, 3.63) is 65.2 Å². The number of carbonyl (C=O) groups is 2. The zero-order valence-corrected chi connectivity index (χ0v) is 15.9. The summed E-state index contributed by atoms with van der Waals surface area (Å²) in [5, 5.41) is 2.84. The molecule has 1 atom stereocenters. The molecule has 0 aromatic heterocycles. The van der Waals surface area contributed by atoms with Crippen LogP contribution in [0.3, 0.4) is 0 Å². The van der Waals surface area contributed by atoms with Crippen molar-refractivity contribution >= 4 is 17.5 Å². The molecule has 0 aliphatic rings. The topological polar surface area (TPSA) is 76.6 Å². The molecule has 26 heavy (non-hydrogen) atoms. The van der Waals surface area contributed by atoms with Gasteiger partial charge in [0.05, 0.1) is 7.05 Å². The largest absolute Gasteiger partial charge is 0.366 e. The van der Waals surface area contributed by atoms with Crippen LogP contribution >= 0.6 is 0 Å². The summed E-state index contributed by atoms with van der Waals surface area (Å²) in [4.78, 5) is 24.4. The van der Waals surface area contributed by atoms with E-state index in [9.17, 15) is 9.59 Å². The SMILES string of the molecule is C[NH+](CC(=O)Nc1ccc(C(N)=O)cc1)Cc1ccc(C(C)(C)C)cc1. The Balaban J connectivity index is 1.87. The molecule has 0 radical (unpaired) electrons. The lowest BCUT2D eigenvalue weighted by Gasteiger charge is -2.19. The maximum absolute atomic E-state index is 12.2. The smallest absolute Gasteiger partial charge is 0.279 e. The molecule has 1 unspecified atom stereocenters. The highest BCUT2D eigenvalue weighted by Gasteiger charge is 2.15. The Morgan fingerprint density at radius 3 is 2.08 bits per heavy atom. The van der Waals surface area contributed by atoms with Gasteiger partial charge in [-0.25, -0.2) is 0 Å². The highest BCUT2D eigenvalue weighted by atomic mass is 16.2. The zero-order valence-electron chi connectivity index (χ0n) is 15.9. The number of hydrogen-bond donors (Lipinski definition) is 3. The Morgan fingerprint density at radius 1 is 1.00 bits per heavy atom. The quantitative estimate of drug-likeness (QED) is 0.739. The Labute approximate surface area is 155 Å². The van der Waals surface area contributed by atoms with Crippen LogP contribution in [0.1, 0.15) is 42.3 Å². The third kappa shape index (κ3) is 5.70. The second kappa shape index (κ2) is 8.15. The molecule has 0 saturated heterocycles. The molecule has 2 aromatic carbocycles. The van der Waals surface area contributed by atoms with Crippen molar-refractivity contribution in [2.24, 2.45) is 5.73 Å². The first-order chi connectivity index (χ1) is 12.1. The number of anilines is 1. The van der Waals surface area contributed by atoms with Crippen molar-refractivity contribution in [1.29, 1.82) is 0 Å². The minimum Gasteiger partial charge on any atom is -0.366 e. The minimum atomic E-state index is -0.482. The van der Waals surface area contributed by atoms with Crippen LogP contribution in [0, 0.1) is 0 Å². The molecule has 4 N–H and O–H groups in total. The van der Waals surface area contributed by atoms with E-state index in [1.165, 1.54) is 11.1 Å². The molecule has 5 nitrogen and oxygen atoms in total. The van der Waals surface area contributed by atoms with E-state index in [4.69, 9.17) is 5.73 Å². The number of nitrogens with two attached hydrogens (primary N) is 1. The fourth-order valence-corrected chi connectivity index (χ4v) is 2.73. The fourth-order valence-electron chi connectivity index (χ4n) is 2.73. The zero-order chi connectivity index (χ0) is 19.3. The molecule has 0 aliphatic carbocycles. The lowest BCUT2D eigenvalue weighted by Crippen LogP contribution is -3.08. The first kappa shape index (κ1) is 19.7. The number of amides is 2. The fraction of sp³-hybridized carbons (Fsp3) is 0.333. The summed E-state index contributed by atoms with van der Waals surface area (Å²) in [7, 11) is 1.99. The van der Waals surface area contributed by atoms with Crippen molar-refractivity contribution in [3.8, 4) is 0 Å². The van der Waals surface area contributed by atoms with Crippen LogP contribution in [0.4, 0.5) is 5.69 Å². The molecule has 0 saturated carbocycles. The van der Waals surface area contributed by atoms with Gasteiger partial charge in [-0.05, 0) is 35.2 Å². The van der Waals surface area contributed by atoms with Crippen LogP contribution < -0.4 is 16.0 Å². The highest BCUT2D eigenvalue weighted by molar-refractivity contribution is 5.95. The summed E-state index contributed by atoms with van der Waals surface area (Å²) in [6, 6.07) is 15.1. The van der Waals surface area contributed by atoms with E-state index < -0.39 is 5.91 Å². The third-order valence-corrected chi connectivity index (χ3v) is 4.24. The molecule has 2 amide bonds. The van der Waals surface area contributed by atoms with Crippen molar-refractivity contribution in [1.82, 2.24) is 0 Å². The Hall–Kier alpha value is -2.66. The number of carbonyl (C=O) groups excluding carboxylic acids is 2. The molecular formula is C21H28N3O2+. The number of primary amides is 1. The van der Waals surface area contributed by atoms with Crippen molar-refractivity contribution in [3.63, 3.8) is 0 Å². The predicted molar refractivity (Wildman–Crippen MR) is 104 cm³/mol. The molecule has 0 aliphatic heterocycles. The Kier molecular flexibility index (Phi) is 6.16. The van der Waals surface area contributed by atoms with Gasteiger partial charge in [0.2, 0.25) is 5.91 Å². The second-order valence-corrected chi connectivity index (χ2v) is 7.75. The molecule has 0 heterocycles. The maximum atomic E-state index is 12.2. The number of benzene rings is 2. The van der Waals surface area contributed by atoms with E-state index in [-0.39, 0.29) is 11.3 Å². The lowest BCUT2D eigenvalue weighted by atomic mass is 9.87. The van der Waals surface area contributed by atoms with E-state index in [1.807, 2.05) is 7.05 Å². The third-order valence-electron chi connectivity index (χ3n) is 4.24. The van der Waals surface area contributed by atoms with Crippen LogP contribution in [0.5, 0.6) is 0 Å². The average molecular weight is 354 g/mol. The van der Waals surface area contributed by atoms with Gasteiger partial charge >= 0.3 is 0 Å². The van der Waals surface area contributed by atoms with Crippen molar-refractivity contribution in [2.45, 2.75) is 32.7 Å². The van der Waals surface area contributed by atoms with Gasteiger partial charge in [0, 0.05) is 16.8 Å². The summed E-state index contributed by atoms with van der Waals surface area (Å²) in [6.07, 6.45) is 0. The molecule has 0 bridgehead atoms. The molecule has 2 rings (SSSR count). The van der Waals surface area contributed by atoms with Gasteiger partial charge in [-0.15, -0.1) is 0 Å². The number of likely N-dealkylation sites (N-methyl/N-ethyl adjacent to an activating group) is 1. The van der Waals surface area contributed by atoms with Crippen molar-refractivity contribution < 1.29 is 14.5 Å². The average Bonchev–Trinajstić information content (AvgIpc) is 2.54. The summed E-state index contributed by atoms with van der Waals surface area (Å²) in [6.45, 7) is 7.72. The van der Waals surface area contributed by atoms with E-state index in [2.05, 4.69) is 50.4 Å². The molecular weight excluding hydrogens is 326 g/mol. The van der Waals surface area contributed by atoms with Crippen LogP contribution in [-0.2, 0) is 16.8 Å². The van der Waals surface area contributed by atoms with Gasteiger partial charge in [-0.1, -0.05) is 45.0 Å². The number of hydrogen-bond acceptors (Lipinski definition) is 2. The van der Waals surface area contributed by atoms with Gasteiger partial charge in [-0.3, -0.25) is 9.59 Å². The molecule has 5 heteroatoms. The first-order valence-corrected chi connectivity index (χ1v) is 8.75. The maximum Gasteiger partial charge on any atom is 0.279 e. The van der Waals surface area contributed by atoms with Crippen molar-refractivity contribution in [2.75, 3.05) is 18.9 Å². The summed E-state index contributed by atoms with van der Waals surface area (Å²) in [5.41, 5.74) is 8.93. The number of quaternary nitrogens is 1. The summed E-state index contributed by atoms with van der Waals surface area (Å²) in [5.74, 6) is -0.551. The minimum absolute atomic E-state index is 0.0689. The number of nitrogens with one attached hydrogen (secondary N) is 2. The summed E-state index contributed by atoms with van der Waals surface area (Å²) < 4.78 is 0. The predicted octanol–water partition coefficient (Wildman–Crippen LogP) is 1.74. The molecule has 138 valence electrons. The molecule has 0 spiro atoms. The van der Waals surface area contributed by atoms with Crippen LogP contribution in [0.15, 0.2) is 48.5 Å². The van der Waals surface area contributed by atoms with Crippen LogP contribution in [0.25, 0.3) is 0 Å². The highest BCUT2D eigenvalue weighted by Crippen LogP contribution is 2.21. The van der Waals surface area contributed by atoms with Gasteiger partial charge < -0.3 is 16.0 Å². The molecule has 0 fully saturated rings. The monoisotopic (exact) mass is 354 g/mol. The van der Waals surface area contributed by atoms with Crippen LogP contribution in [0.2, 0.25) is 0 Å². The Morgan fingerprint density at radius 2 is 1.58 bits per heavy atom. The molecule has 2 aromatic rings. The first-order valence-electron chi connectivity index (χ1n) is 8.75. The standard InChI is InChI=1S/C21H27N3O2/c1-21(2,3)17-9-5-15(6-10-17)13-24(4)14-19(25)23-18-11-7-16(8-12-18)20(22)26/h5-12H,13-14H2,1-4H3,(H2,22,26)(H,23,25)/p+1. The van der Waals surface area contributed by atoms with E-state index in [0.717, 1.165) is 11.4 Å². The number of rotatable bonds is 6. The van der Waals surface area contributed by atoms with Crippen LogP contribution in [-0.4, -0.2) is 25.4 Å². The van der Waals surface area contributed by atoms with E-state index in [1.54, 1.807) is 24.3 Å². The van der Waals surface area contributed by atoms with Gasteiger partial charge in [0.1, 0.15) is 6.54 Å². The second-order valence-electron chi connectivity index (χ2n) is 7.75. The van der Waals surface area contributed by atoms with Gasteiger partial charge in [-0.2, -0.15) is 0 Å². The van der Waals surface area contributed by atoms with E-state index >= 15 is 0 Å². The normalized spacial score (nSPS) is 12.5. The summed E-state index contributed by atoms with van der Waals surface area (Å²) >= 11 is 0.